The Balaban J connectivity index is 1.81. The third kappa shape index (κ3) is 5.12. The van der Waals surface area contributed by atoms with E-state index in [4.69, 9.17) is 4.74 Å². The number of hydrogen-bond donors (Lipinski definition) is 1. The van der Waals surface area contributed by atoms with Gasteiger partial charge in [-0.15, -0.1) is 0 Å². The van der Waals surface area contributed by atoms with Crippen molar-refractivity contribution in [2.75, 3.05) is 26.8 Å². The Hall–Kier alpha value is -1.77. The molecule has 1 aromatic heterocycles. The van der Waals surface area contributed by atoms with E-state index in [1.165, 1.54) is 4.90 Å². The first kappa shape index (κ1) is 17.6. The maximum Gasteiger partial charge on any atom is 0.393 e. The molecule has 1 aliphatic heterocycles. The van der Waals surface area contributed by atoms with Crippen molar-refractivity contribution in [3.8, 4) is 0 Å². The van der Waals surface area contributed by atoms with Crippen LogP contribution in [0.15, 0.2) is 12.4 Å². The van der Waals surface area contributed by atoms with Gasteiger partial charge in [-0.25, -0.2) is 4.79 Å². The van der Waals surface area contributed by atoms with Crippen molar-refractivity contribution in [3.05, 3.63) is 18.0 Å². The van der Waals surface area contributed by atoms with Gasteiger partial charge in [0.2, 0.25) is 0 Å². The molecule has 1 aliphatic rings. The summed E-state index contributed by atoms with van der Waals surface area (Å²) in [4.78, 5) is 13.3. The molecule has 1 saturated heterocycles. The molecule has 1 atom stereocenters. The number of methoxy groups -OCH3 is 1. The van der Waals surface area contributed by atoms with Crippen LogP contribution in [0.1, 0.15) is 18.4 Å². The molecule has 9 heteroatoms. The fourth-order valence-corrected chi connectivity index (χ4v) is 2.52. The second kappa shape index (κ2) is 7.67. The molecule has 0 spiro atoms. The van der Waals surface area contributed by atoms with Gasteiger partial charge in [0, 0.05) is 38.5 Å². The van der Waals surface area contributed by atoms with Crippen LogP contribution in [-0.4, -0.2) is 53.7 Å². The number of rotatable bonds is 5. The van der Waals surface area contributed by atoms with Gasteiger partial charge in [-0.05, 0) is 12.8 Å². The fraction of sp³-hybridized carbons (Fsp3) is 0.714. The van der Waals surface area contributed by atoms with Crippen molar-refractivity contribution in [1.82, 2.24) is 20.0 Å². The Morgan fingerprint density at radius 3 is 3.00 bits per heavy atom. The summed E-state index contributed by atoms with van der Waals surface area (Å²) in [6, 6.07) is -0.469. The molecule has 0 radical (unpaired) electrons. The number of carbonyl (C=O) groups excluding carboxylic acids is 1. The van der Waals surface area contributed by atoms with Gasteiger partial charge in [-0.2, -0.15) is 18.3 Å². The zero-order valence-electron chi connectivity index (χ0n) is 13.0. The summed E-state index contributed by atoms with van der Waals surface area (Å²) in [5.74, 6) is -1.43. The van der Waals surface area contributed by atoms with Gasteiger partial charge >= 0.3 is 12.2 Å². The smallest absolute Gasteiger partial charge is 0.383 e. The number of urea groups is 1. The lowest BCUT2D eigenvalue weighted by Crippen LogP contribution is -2.48. The molecule has 1 fully saturated rings. The average molecular weight is 334 g/mol. The first-order chi connectivity index (χ1) is 10.9. The minimum Gasteiger partial charge on any atom is -0.383 e. The second-order valence-electron chi connectivity index (χ2n) is 5.59. The molecule has 6 nitrogen and oxygen atoms in total. The normalized spacial score (nSPS) is 19.0. The zero-order chi connectivity index (χ0) is 16.9. The Bertz CT molecular complexity index is 518. The number of hydrogen-bond acceptors (Lipinski definition) is 3. The Labute approximate surface area is 132 Å². The number of alkyl halides is 3. The minimum atomic E-state index is -4.25. The lowest BCUT2D eigenvalue weighted by Gasteiger charge is -2.33. The molecule has 2 amide bonds. The number of nitrogens with one attached hydrogen (secondary N) is 1. The summed E-state index contributed by atoms with van der Waals surface area (Å²) in [7, 11) is 1.59. The third-order valence-electron chi connectivity index (χ3n) is 3.83. The zero-order valence-corrected chi connectivity index (χ0v) is 13.0. The van der Waals surface area contributed by atoms with E-state index in [0.717, 1.165) is 5.56 Å². The van der Waals surface area contributed by atoms with Crippen LogP contribution >= 0.6 is 0 Å². The van der Waals surface area contributed by atoms with Gasteiger partial charge < -0.3 is 15.0 Å². The lowest BCUT2D eigenvalue weighted by molar-refractivity contribution is -0.184. The van der Waals surface area contributed by atoms with Crippen molar-refractivity contribution >= 4 is 6.03 Å². The average Bonchev–Trinajstić information content (AvgIpc) is 2.98. The maximum atomic E-state index is 12.8. The SMILES string of the molecule is COCCn1cc(CNC(=O)N2CCCC(C(F)(F)F)C2)cn1. The number of carbonyl (C=O) groups is 1. The highest BCUT2D eigenvalue weighted by Gasteiger charge is 2.42. The summed E-state index contributed by atoms with van der Waals surface area (Å²) >= 11 is 0. The van der Waals surface area contributed by atoms with Crippen LogP contribution < -0.4 is 5.32 Å². The van der Waals surface area contributed by atoms with E-state index in [0.29, 0.717) is 26.1 Å². The maximum absolute atomic E-state index is 12.8. The summed E-state index contributed by atoms with van der Waals surface area (Å²) in [6.45, 7) is 1.44. The van der Waals surface area contributed by atoms with E-state index < -0.39 is 18.1 Å². The van der Waals surface area contributed by atoms with Crippen LogP contribution in [0, 0.1) is 5.92 Å². The van der Waals surface area contributed by atoms with Crippen LogP contribution in [0.5, 0.6) is 0 Å². The first-order valence-corrected chi connectivity index (χ1v) is 7.50. The Kier molecular flexibility index (Phi) is 5.86. The number of halogens is 3. The number of amides is 2. The van der Waals surface area contributed by atoms with E-state index in [1.54, 1.807) is 24.2 Å². The molecular weight excluding hydrogens is 313 g/mol. The van der Waals surface area contributed by atoms with E-state index in [9.17, 15) is 18.0 Å². The van der Waals surface area contributed by atoms with Gasteiger partial charge in [0.1, 0.15) is 0 Å². The largest absolute Gasteiger partial charge is 0.393 e. The minimum absolute atomic E-state index is 0.0829. The highest BCUT2D eigenvalue weighted by Crippen LogP contribution is 2.33. The van der Waals surface area contributed by atoms with E-state index >= 15 is 0 Å². The Morgan fingerprint density at radius 2 is 2.30 bits per heavy atom. The van der Waals surface area contributed by atoms with Gasteiger partial charge in [0.25, 0.3) is 0 Å². The number of likely N-dealkylation sites (tertiary alicyclic amines) is 1. The molecule has 1 aromatic rings. The Morgan fingerprint density at radius 1 is 1.52 bits per heavy atom. The highest BCUT2D eigenvalue weighted by atomic mass is 19.4. The third-order valence-corrected chi connectivity index (χ3v) is 3.83. The predicted octanol–water partition coefficient (Wildman–Crippen LogP) is 2.01. The van der Waals surface area contributed by atoms with Crippen molar-refractivity contribution in [2.45, 2.75) is 32.1 Å². The first-order valence-electron chi connectivity index (χ1n) is 7.50. The van der Waals surface area contributed by atoms with Crippen LogP contribution in [0.3, 0.4) is 0 Å². The standard InChI is InChI=1S/C14H21F3N4O2/c1-23-6-5-21-9-11(8-19-21)7-18-13(22)20-4-2-3-12(10-20)14(15,16)17/h8-9,12H,2-7,10H2,1H3,(H,18,22). The van der Waals surface area contributed by atoms with Gasteiger partial charge in [-0.1, -0.05) is 0 Å². The molecule has 1 N–H and O–H groups in total. The molecule has 2 heterocycles. The predicted molar refractivity (Wildman–Crippen MR) is 76.7 cm³/mol. The molecule has 0 bridgehead atoms. The molecular formula is C14H21F3N4O2. The van der Waals surface area contributed by atoms with Crippen LogP contribution in [0.4, 0.5) is 18.0 Å². The van der Waals surface area contributed by atoms with Crippen LogP contribution in [0.2, 0.25) is 0 Å². The summed E-state index contributed by atoms with van der Waals surface area (Å²) < 4.78 is 44.9. The van der Waals surface area contributed by atoms with Gasteiger partial charge in [0.15, 0.2) is 0 Å². The van der Waals surface area contributed by atoms with E-state index in [1.807, 2.05) is 0 Å². The monoisotopic (exact) mass is 334 g/mol. The van der Waals surface area contributed by atoms with E-state index in [2.05, 4.69) is 10.4 Å². The topological polar surface area (TPSA) is 59.4 Å². The van der Waals surface area contributed by atoms with Gasteiger partial charge in [0.05, 0.1) is 25.3 Å². The van der Waals surface area contributed by atoms with Crippen LogP contribution in [-0.2, 0) is 17.8 Å². The fourth-order valence-electron chi connectivity index (χ4n) is 2.52. The molecule has 23 heavy (non-hydrogen) atoms. The summed E-state index contributed by atoms with van der Waals surface area (Å²) in [5.41, 5.74) is 0.791. The number of aromatic nitrogens is 2. The van der Waals surface area contributed by atoms with Crippen molar-refractivity contribution in [3.63, 3.8) is 0 Å². The molecule has 1 unspecified atom stereocenters. The molecule has 0 aromatic carbocycles. The second-order valence-corrected chi connectivity index (χ2v) is 5.59. The summed E-state index contributed by atoms with van der Waals surface area (Å²) in [6.07, 6.45) is -0.410. The molecule has 130 valence electrons. The molecule has 0 aliphatic carbocycles. The van der Waals surface area contributed by atoms with Crippen molar-refractivity contribution < 1.29 is 22.7 Å². The number of nitrogens with zero attached hydrogens (tertiary/aromatic N) is 3. The van der Waals surface area contributed by atoms with Crippen molar-refractivity contribution in [2.24, 2.45) is 5.92 Å². The van der Waals surface area contributed by atoms with Crippen LogP contribution in [0.25, 0.3) is 0 Å². The molecule has 0 saturated carbocycles. The van der Waals surface area contributed by atoms with Gasteiger partial charge in [-0.3, -0.25) is 4.68 Å². The van der Waals surface area contributed by atoms with Crippen molar-refractivity contribution in [1.29, 1.82) is 0 Å². The number of ether oxygens (including phenoxy) is 1. The highest BCUT2D eigenvalue weighted by molar-refractivity contribution is 5.74. The number of piperidine rings is 1. The lowest BCUT2D eigenvalue weighted by atomic mass is 9.98. The molecule has 2 rings (SSSR count). The van der Waals surface area contributed by atoms with E-state index in [-0.39, 0.29) is 19.5 Å². The summed E-state index contributed by atoms with van der Waals surface area (Å²) in [5, 5.41) is 6.76. The quantitative estimate of drug-likeness (QED) is 0.896.